The maximum atomic E-state index is 13.2. The third-order valence-electron chi connectivity index (χ3n) is 5.81. The molecule has 0 radical (unpaired) electrons. The number of thiophene rings is 1. The maximum Gasteiger partial charge on any atom is 0.256 e. The highest BCUT2D eigenvalue weighted by Gasteiger charge is 2.35. The zero-order valence-corrected chi connectivity index (χ0v) is 17.2. The molecule has 0 aliphatic carbocycles. The molecule has 0 spiro atoms. The van der Waals surface area contributed by atoms with Crippen LogP contribution in [-0.4, -0.2) is 18.5 Å². The predicted molar refractivity (Wildman–Crippen MR) is 111 cm³/mol. The summed E-state index contributed by atoms with van der Waals surface area (Å²) in [6.07, 6.45) is 0.516. The second-order valence-electron chi connectivity index (χ2n) is 7.96. The summed E-state index contributed by atoms with van der Waals surface area (Å²) in [7, 11) is 0. The third-order valence-corrected chi connectivity index (χ3v) is 6.97. The van der Waals surface area contributed by atoms with Crippen LogP contribution >= 0.6 is 11.3 Å². The molecule has 0 bridgehead atoms. The van der Waals surface area contributed by atoms with E-state index < -0.39 is 6.17 Å². The number of carbonyl (C=O) groups is 1. The molecule has 2 aliphatic rings. The van der Waals surface area contributed by atoms with E-state index in [1.807, 2.05) is 12.1 Å². The van der Waals surface area contributed by atoms with Crippen molar-refractivity contribution in [2.45, 2.75) is 39.0 Å². The third kappa shape index (κ3) is 3.24. The maximum absolute atomic E-state index is 13.2. The first-order chi connectivity index (χ1) is 14.0. The van der Waals surface area contributed by atoms with Crippen LogP contribution in [0.3, 0.4) is 0 Å². The lowest BCUT2D eigenvalue weighted by molar-refractivity contribution is -0.936. The van der Waals surface area contributed by atoms with Crippen LogP contribution < -0.4 is 15.5 Å². The second-order valence-corrected chi connectivity index (χ2v) is 9.06. The Morgan fingerprint density at radius 1 is 1.17 bits per heavy atom. The number of fused-ring (bicyclic) bond motifs is 3. The average Bonchev–Trinajstić information content (AvgIpc) is 3.32. The van der Waals surface area contributed by atoms with Gasteiger partial charge < -0.3 is 20.0 Å². The molecule has 1 unspecified atom stereocenters. The minimum Gasteiger partial charge on any atom is -0.457 e. The first-order valence-electron chi connectivity index (χ1n) is 9.92. The van der Waals surface area contributed by atoms with Crippen LogP contribution in [0.4, 0.5) is 9.39 Å². The molecule has 3 aromatic rings. The number of amides is 1. The fourth-order valence-electron chi connectivity index (χ4n) is 4.12. The highest BCUT2D eigenvalue weighted by Crippen LogP contribution is 2.39. The molecule has 29 heavy (non-hydrogen) atoms. The summed E-state index contributed by atoms with van der Waals surface area (Å²) < 4.78 is 19.1. The highest BCUT2D eigenvalue weighted by atomic mass is 32.1. The van der Waals surface area contributed by atoms with Gasteiger partial charge in [-0.3, -0.25) is 4.79 Å². The standard InChI is InChI=1S/C22H22FN3O2S/c1-12(2)26-10-9-15-18(11-26)29-22-19(15)21(27)24-20(25-22)17-8-7-16(28-17)13-3-5-14(23)6-4-13/h3-8,12,20,25H,9-11H2,1-2H3,(H,24,27)/p+1/t20-/m1/s1. The Morgan fingerprint density at radius 3 is 2.72 bits per heavy atom. The molecule has 7 heteroatoms. The van der Waals surface area contributed by atoms with Crippen LogP contribution in [-0.2, 0) is 13.0 Å². The fourth-order valence-corrected chi connectivity index (χ4v) is 5.45. The summed E-state index contributed by atoms with van der Waals surface area (Å²) in [5, 5.41) is 7.40. The van der Waals surface area contributed by atoms with Gasteiger partial charge in [-0.05, 0) is 55.8 Å². The van der Waals surface area contributed by atoms with Crippen LogP contribution in [0.2, 0.25) is 0 Å². The quantitative estimate of drug-likeness (QED) is 0.618. The van der Waals surface area contributed by atoms with Gasteiger partial charge in [0.25, 0.3) is 5.91 Å². The van der Waals surface area contributed by atoms with Crippen molar-refractivity contribution < 1.29 is 18.5 Å². The number of hydrogen-bond donors (Lipinski definition) is 3. The van der Waals surface area contributed by atoms with Gasteiger partial charge in [0.05, 0.1) is 23.0 Å². The Hall–Kier alpha value is -2.64. The van der Waals surface area contributed by atoms with E-state index in [1.54, 1.807) is 28.4 Å². The molecule has 2 aromatic heterocycles. The lowest BCUT2D eigenvalue weighted by Crippen LogP contribution is -3.14. The van der Waals surface area contributed by atoms with Crippen LogP contribution in [0, 0.1) is 5.82 Å². The number of anilines is 1. The summed E-state index contributed by atoms with van der Waals surface area (Å²) in [4.78, 5) is 15.8. The molecular formula is C22H23FN3O2S+. The number of hydrogen-bond acceptors (Lipinski definition) is 4. The van der Waals surface area contributed by atoms with Crippen molar-refractivity contribution >= 4 is 22.2 Å². The first-order valence-corrected chi connectivity index (χ1v) is 10.7. The van der Waals surface area contributed by atoms with E-state index in [1.165, 1.54) is 22.6 Å². The summed E-state index contributed by atoms with van der Waals surface area (Å²) in [5.74, 6) is 0.940. The highest BCUT2D eigenvalue weighted by molar-refractivity contribution is 7.16. The van der Waals surface area contributed by atoms with E-state index in [-0.39, 0.29) is 11.7 Å². The SMILES string of the molecule is CC(C)[NH+]1CCc2c(sc3c2C(=O)N[C@@H](c2ccc(-c4ccc(F)cc4)o2)N3)C1. The molecule has 3 N–H and O–H groups in total. The Morgan fingerprint density at radius 2 is 1.97 bits per heavy atom. The Bertz CT molecular complexity index is 1070. The molecule has 0 saturated heterocycles. The largest absolute Gasteiger partial charge is 0.457 e. The molecule has 2 atom stereocenters. The summed E-state index contributed by atoms with van der Waals surface area (Å²) in [6, 6.07) is 10.4. The molecule has 0 fully saturated rings. The van der Waals surface area contributed by atoms with Gasteiger partial charge in [-0.1, -0.05) is 0 Å². The second kappa shape index (κ2) is 7.00. The Labute approximate surface area is 172 Å². The van der Waals surface area contributed by atoms with E-state index in [0.29, 0.717) is 17.6 Å². The van der Waals surface area contributed by atoms with Crippen molar-refractivity contribution in [1.82, 2.24) is 5.32 Å². The number of nitrogens with one attached hydrogen (secondary N) is 3. The molecule has 1 aromatic carbocycles. The van der Waals surface area contributed by atoms with Crippen LogP contribution in [0.5, 0.6) is 0 Å². The average molecular weight is 413 g/mol. The van der Waals surface area contributed by atoms with E-state index in [0.717, 1.165) is 35.6 Å². The van der Waals surface area contributed by atoms with Crippen LogP contribution in [0.25, 0.3) is 11.3 Å². The van der Waals surface area contributed by atoms with Gasteiger partial charge in [-0.2, -0.15) is 0 Å². The smallest absolute Gasteiger partial charge is 0.256 e. The molecule has 150 valence electrons. The lowest BCUT2D eigenvalue weighted by Gasteiger charge is -2.28. The first kappa shape index (κ1) is 18.4. The van der Waals surface area contributed by atoms with E-state index in [4.69, 9.17) is 4.42 Å². The molecule has 0 saturated carbocycles. The predicted octanol–water partition coefficient (Wildman–Crippen LogP) is 3.35. The number of benzene rings is 1. The molecule has 5 rings (SSSR count). The Kier molecular flexibility index (Phi) is 4.44. The van der Waals surface area contributed by atoms with Gasteiger partial charge in [0.2, 0.25) is 0 Å². The lowest BCUT2D eigenvalue weighted by atomic mass is 10.0. The van der Waals surface area contributed by atoms with Crippen LogP contribution in [0.1, 0.15) is 46.6 Å². The molecule has 5 nitrogen and oxygen atoms in total. The van der Waals surface area contributed by atoms with Crippen molar-refractivity contribution in [3.05, 3.63) is 64.0 Å². The summed E-state index contributed by atoms with van der Waals surface area (Å²) in [5.41, 5.74) is 2.79. The molecular weight excluding hydrogens is 389 g/mol. The van der Waals surface area contributed by atoms with E-state index in [2.05, 4.69) is 24.5 Å². The number of rotatable bonds is 3. The zero-order valence-electron chi connectivity index (χ0n) is 16.3. The van der Waals surface area contributed by atoms with Gasteiger partial charge in [0.15, 0.2) is 6.17 Å². The van der Waals surface area contributed by atoms with Gasteiger partial charge in [-0.25, -0.2) is 4.39 Å². The summed E-state index contributed by atoms with van der Waals surface area (Å²) in [6.45, 7) is 6.51. The van der Waals surface area contributed by atoms with Crippen molar-refractivity contribution in [3.63, 3.8) is 0 Å². The summed E-state index contributed by atoms with van der Waals surface area (Å²) >= 11 is 1.69. The minimum absolute atomic E-state index is 0.0472. The van der Waals surface area contributed by atoms with Crippen LogP contribution in [0.15, 0.2) is 40.8 Å². The van der Waals surface area contributed by atoms with Gasteiger partial charge in [0.1, 0.15) is 28.9 Å². The van der Waals surface area contributed by atoms with Gasteiger partial charge >= 0.3 is 0 Å². The monoisotopic (exact) mass is 412 g/mol. The zero-order chi connectivity index (χ0) is 20.1. The topological polar surface area (TPSA) is 58.7 Å². The number of carbonyl (C=O) groups excluding carboxylic acids is 1. The van der Waals surface area contributed by atoms with Gasteiger partial charge in [-0.15, -0.1) is 11.3 Å². The van der Waals surface area contributed by atoms with Crippen molar-refractivity contribution in [2.75, 3.05) is 11.9 Å². The number of furan rings is 1. The fraction of sp³-hybridized carbons (Fsp3) is 0.318. The Balaban J connectivity index is 1.41. The van der Waals surface area contributed by atoms with E-state index in [9.17, 15) is 9.18 Å². The number of halogens is 1. The number of quaternary nitrogens is 1. The van der Waals surface area contributed by atoms with Crippen molar-refractivity contribution in [3.8, 4) is 11.3 Å². The molecule has 4 heterocycles. The molecule has 1 amide bonds. The minimum atomic E-state index is -0.419. The van der Waals surface area contributed by atoms with E-state index >= 15 is 0 Å². The van der Waals surface area contributed by atoms with Crippen molar-refractivity contribution in [1.29, 1.82) is 0 Å². The van der Waals surface area contributed by atoms with Gasteiger partial charge in [0, 0.05) is 12.0 Å². The molecule has 2 aliphatic heterocycles. The van der Waals surface area contributed by atoms with Crippen molar-refractivity contribution in [2.24, 2.45) is 0 Å². The normalized spacial score (nSPS) is 20.8.